The molecule has 4 N–H and O–H groups in total. The molecule has 0 bridgehead atoms. The van der Waals surface area contributed by atoms with Gasteiger partial charge in [0.1, 0.15) is 6.10 Å². The standard InChI is InChI=1S/C10H11ClF3NO3/c11-4-7(16)9(17)5-1-2-8(6(15)3-5)18-10(12,13)14/h1-3,7,9,16-17H,4,15H2. The van der Waals surface area contributed by atoms with E-state index in [1.165, 1.54) is 0 Å². The predicted octanol–water partition coefficient (Wildman–Crippen LogP) is 1.80. The largest absolute Gasteiger partial charge is 0.573 e. The van der Waals surface area contributed by atoms with Crippen molar-refractivity contribution in [1.29, 1.82) is 0 Å². The van der Waals surface area contributed by atoms with Crippen LogP contribution in [0.3, 0.4) is 0 Å². The van der Waals surface area contributed by atoms with E-state index in [1.54, 1.807) is 0 Å². The molecule has 0 saturated carbocycles. The molecular formula is C10H11ClF3NO3. The highest BCUT2D eigenvalue weighted by atomic mass is 35.5. The molecule has 0 radical (unpaired) electrons. The van der Waals surface area contributed by atoms with E-state index in [9.17, 15) is 23.4 Å². The molecule has 0 spiro atoms. The van der Waals surface area contributed by atoms with Crippen molar-refractivity contribution < 1.29 is 28.1 Å². The van der Waals surface area contributed by atoms with Crippen LogP contribution in [0.1, 0.15) is 11.7 Å². The van der Waals surface area contributed by atoms with Gasteiger partial charge in [0.25, 0.3) is 0 Å². The first kappa shape index (κ1) is 14.9. The van der Waals surface area contributed by atoms with Crippen LogP contribution in [-0.2, 0) is 0 Å². The van der Waals surface area contributed by atoms with Crippen LogP contribution in [0.25, 0.3) is 0 Å². The predicted molar refractivity (Wildman–Crippen MR) is 59.2 cm³/mol. The molecule has 8 heteroatoms. The third-order valence-corrected chi connectivity index (χ3v) is 2.44. The summed E-state index contributed by atoms with van der Waals surface area (Å²) in [7, 11) is 0. The van der Waals surface area contributed by atoms with Gasteiger partial charge in [0.2, 0.25) is 0 Å². The Labute approximate surface area is 106 Å². The number of nitrogen functional groups attached to an aromatic ring is 1. The average Bonchev–Trinajstić information content (AvgIpc) is 2.28. The Kier molecular flexibility index (Phi) is 4.66. The SMILES string of the molecule is Nc1cc(C(O)C(O)CCl)ccc1OC(F)(F)F. The van der Waals surface area contributed by atoms with Gasteiger partial charge in [-0.3, -0.25) is 0 Å². The zero-order chi connectivity index (χ0) is 13.9. The van der Waals surface area contributed by atoms with Gasteiger partial charge in [-0.2, -0.15) is 0 Å². The quantitative estimate of drug-likeness (QED) is 0.582. The van der Waals surface area contributed by atoms with E-state index in [2.05, 4.69) is 4.74 Å². The smallest absolute Gasteiger partial charge is 0.404 e. The minimum absolute atomic E-state index is 0.148. The number of halogens is 4. The van der Waals surface area contributed by atoms with Crippen molar-refractivity contribution in [2.75, 3.05) is 11.6 Å². The Bertz CT molecular complexity index is 414. The molecule has 0 heterocycles. The van der Waals surface area contributed by atoms with Gasteiger partial charge >= 0.3 is 6.36 Å². The molecule has 18 heavy (non-hydrogen) atoms. The van der Waals surface area contributed by atoms with Crippen molar-refractivity contribution in [1.82, 2.24) is 0 Å². The summed E-state index contributed by atoms with van der Waals surface area (Å²) in [5.41, 5.74) is 5.21. The monoisotopic (exact) mass is 285 g/mol. The Morgan fingerprint density at radius 3 is 2.39 bits per heavy atom. The molecule has 2 unspecified atom stereocenters. The Morgan fingerprint density at radius 1 is 1.33 bits per heavy atom. The van der Waals surface area contributed by atoms with Gasteiger partial charge in [-0.1, -0.05) is 6.07 Å². The number of rotatable bonds is 4. The second-order valence-electron chi connectivity index (χ2n) is 3.51. The number of anilines is 1. The zero-order valence-corrected chi connectivity index (χ0v) is 9.74. The molecule has 102 valence electrons. The van der Waals surface area contributed by atoms with E-state index >= 15 is 0 Å². The number of nitrogens with two attached hydrogens (primary N) is 1. The van der Waals surface area contributed by atoms with Gasteiger partial charge in [-0.25, -0.2) is 0 Å². The summed E-state index contributed by atoms with van der Waals surface area (Å²) in [6.07, 6.45) is -7.41. The molecule has 2 atom stereocenters. The lowest BCUT2D eigenvalue weighted by atomic mass is 10.0. The van der Waals surface area contributed by atoms with Crippen molar-refractivity contribution in [2.24, 2.45) is 0 Å². The number of ether oxygens (including phenoxy) is 1. The van der Waals surface area contributed by atoms with E-state index in [1.807, 2.05) is 0 Å². The molecule has 0 fully saturated rings. The van der Waals surface area contributed by atoms with Gasteiger partial charge in [-0.15, -0.1) is 24.8 Å². The molecular weight excluding hydrogens is 275 g/mol. The fourth-order valence-electron chi connectivity index (χ4n) is 1.28. The number of hydrogen-bond donors (Lipinski definition) is 3. The fourth-order valence-corrected chi connectivity index (χ4v) is 1.44. The third-order valence-electron chi connectivity index (χ3n) is 2.12. The molecule has 1 aromatic carbocycles. The summed E-state index contributed by atoms with van der Waals surface area (Å²) in [5, 5.41) is 18.9. The van der Waals surface area contributed by atoms with Crippen LogP contribution in [0, 0.1) is 0 Å². The maximum atomic E-state index is 12.0. The molecule has 1 aromatic rings. The highest BCUT2D eigenvalue weighted by molar-refractivity contribution is 6.18. The normalized spacial score (nSPS) is 15.2. The minimum Gasteiger partial charge on any atom is -0.404 e. The first-order valence-corrected chi connectivity index (χ1v) is 5.35. The Balaban J connectivity index is 2.92. The molecule has 0 amide bonds. The molecule has 4 nitrogen and oxygen atoms in total. The van der Waals surface area contributed by atoms with E-state index in [0.29, 0.717) is 0 Å². The van der Waals surface area contributed by atoms with Gasteiger partial charge < -0.3 is 20.7 Å². The summed E-state index contributed by atoms with van der Waals surface area (Å²) in [6, 6.07) is 3.21. The molecule has 0 aromatic heterocycles. The number of aliphatic hydroxyl groups is 2. The lowest BCUT2D eigenvalue weighted by Crippen LogP contribution is -2.20. The van der Waals surface area contributed by atoms with Crippen molar-refractivity contribution in [3.05, 3.63) is 23.8 Å². The maximum absolute atomic E-state index is 12.0. The van der Waals surface area contributed by atoms with Crippen molar-refractivity contribution >= 4 is 17.3 Å². The van der Waals surface area contributed by atoms with Crippen LogP contribution in [0.15, 0.2) is 18.2 Å². The van der Waals surface area contributed by atoms with E-state index in [4.69, 9.17) is 17.3 Å². The van der Waals surface area contributed by atoms with Gasteiger partial charge in [0.15, 0.2) is 5.75 Å². The van der Waals surface area contributed by atoms with E-state index in [-0.39, 0.29) is 17.1 Å². The summed E-state index contributed by atoms with van der Waals surface area (Å²) in [4.78, 5) is 0. The van der Waals surface area contributed by atoms with E-state index < -0.39 is 24.3 Å². The summed E-state index contributed by atoms with van der Waals surface area (Å²) in [5.74, 6) is -0.791. The minimum atomic E-state index is -4.84. The van der Waals surface area contributed by atoms with Crippen molar-refractivity contribution in [3.8, 4) is 5.75 Å². The first-order chi connectivity index (χ1) is 8.24. The molecule has 0 aliphatic heterocycles. The van der Waals surface area contributed by atoms with Crippen LogP contribution in [-0.4, -0.2) is 28.6 Å². The Morgan fingerprint density at radius 2 is 1.94 bits per heavy atom. The number of alkyl halides is 4. The highest BCUT2D eigenvalue weighted by Crippen LogP contribution is 2.31. The second-order valence-corrected chi connectivity index (χ2v) is 3.82. The molecule has 0 saturated heterocycles. The first-order valence-electron chi connectivity index (χ1n) is 4.82. The van der Waals surface area contributed by atoms with Crippen LogP contribution in [0.5, 0.6) is 5.75 Å². The summed E-state index contributed by atoms with van der Waals surface area (Å²) < 4.78 is 39.6. The second kappa shape index (κ2) is 5.64. The highest BCUT2D eigenvalue weighted by Gasteiger charge is 2.32. The fraction of sp³-hybridized carbons (Fsp3) is 0.400. The summed E-state index contributed by atoms with van der Waals surface area (Å²) >= 11 is 5.34. The lowest BCUT2D eigenvalue weighted by molar-refractivity contribution is -0.274. The van der Waals surface area contributed by atoms with Gasteiger partial charge in [-0.05, 0) is 17.7 Å². The third kappa shape index (κ3) is 3.94. The molecule has 0 aliphatic rings. The number of benzene rings is 1. The molecule has 0 aliphatic carbocycles. The van der Waals surface area contributed by atoms with Crippen LogP contribution in [0.4, 0.5) is 18.9 Å². The zero-order valence-electron chi connectivity index (χ0n) is 8.99. The topological polar surface area (TPSA) is 75.7 Å². The van der Waals surface area contributed by atoms with Crippen LogP contribution >= 0.6 is 11.6 Å². The lowest BCUT2D eigenvalue weighted by Gasteiger charge is -2.17. The number of aliphatic hydroxyl groups excluding tert-OH is 2. The van der Waals surface area contributed by atoms with Crippen LogP contribution < -0.4 is 10.5 Å². The van der Waals surface area contributed by atoms with Gasteiger partial charge in [0, 0.05) is 0 Å². The Hall–Kier alpha value is -1.18. The van der Waals surface area contributed by atoms with Crippen LogP contribution in [0.2, 0.25) is 0 Å². The maximum Gasteiger partial charge on any atom is 0.573 e. The average molecular weight is 286 g/mol. The van der Waals surface area contributed by atoms with E-state index in [0.717, 1.165) is 18.2 Å². The van der Waals surface area contributed by atoms with Gasteiger partial charge in [0.05, 0.1) is 17.7 Å². The van der Waals surface area contributed by atoms with Crippen molar-refractivity contribution in [3.63, 3.8) is 0 Å². The molecule has 1 rings (SSSR count). The van der Waals surface area contributed by atoms with Crippen molar-refractivity contribution in [2.45, 2.75) is 18.6 Å². The number of hydrogen-bond acceptors (Lipinski definition) is 4. The summed E-state index contributed by atoms with van der Waals surface area (Å²) in [6.45, 7) is 0.